The summed E-state index contributed by atoms with van der Waals surface area (Å²) in [6, 6.07) is 18.0. The van der Waals surface area contributed by atoms with Crippen molar-refractivity contribution in [3.63, 3.8) is 0 Å². The zero-order valence-corrected chi connectivity index (χ0v) is 18.8. The molecule has 0 spiro atoms. The van der Waals surface area contributed by atoms with Crippen LogP contribution in [0.3, 0.4) is 0 Å². The number of hydrogen-bond acceptors (Lipinski definition) is 6. The van der Waals surface area contributed by atoms with Crippen LogP contribution >= 0.6 is 11.8 Å². The van der Waals surface area contributed by atoms with Crippen LogP contribution in [0.1, 0.15) is 22.8 Å². The number of amides is 1. The van der Waals surface area contributed by atoms with Gasteiger partial charge in [-0.3, -0.25) is 4.79 Å². The Morgan fingerprint density at radius 1 is 1.03 bits per heavy atom. The van der Waals surface area contributed by atoms with Crippen LogP contribution in [0.2, 0.25) is 0 Å². The quantitative estimate of drug-likeness (QED) is 0.358. The highest BCUT2D eigenvalue weighted by Crippen LogP contribution is 2.22. The molecule has 1 amide bonds. The van der Waals surface area contributed by atoms with Crippen LogP contribution in [0, 0.1) is 0 Å². The molecule has 0 aliphatic heterocycles. The number of fused-ring (bicyclic) bond motifs is 1. The number of anilines is 1. The van der Waals surface area contributed by atoms with Crippen LogP contribution in [0.25, 0.3) is 11.0 Å². The van der Waals surface area contributed by atoms with E-state index in [1.807, 2.05) is 42.5 Å². The van der Waals surface area contributed by atoms with Crippen molar-refractivity contribution < 1.29 is 4.79 Å². The molecule has 0 unspecified atom stereocenters. The highest BCUT2D eigenvalue weighted by molar-refractivity contribution is 7.99. The summed E-state index contributed by atoms with van der Waals surface area (Å²) in [7, 11) is 0. The monoisotopic (exact) mass is 446 g/mol. The molecular formula is C24H26N6OS. The molecule has 4 aromatic rings. The number of nitrogens with zero attached hydrogens (tertiary/aromatic N) is 4. The lowest BCUT2D eigenvalue weighted by molar-refractivity contribution is 0.0949. The first-order valence-electron chi connectivity index (χ1n) is 10.7. The molecule has 0 aliphatic rings. The lowest BCUT2D eigenvalue weighted by Gasteiger charge is -2.10. The third-order valence-corrected chi connectivity index (χ3v) is 5.98. The summed E-state index contributed by atoms with van der Waals surface area (Å²) >= 11 is 1.67. The van der Waals surface area contributed by atoms with Gasteiger partial charge in [0.1, 0.15) is 12.1 Å². The van der Waals surface area contributed by atoms with E-state index in [4.69, 9.17) is 0 Å². The maximum atomic E-state index is 12.6. The molecule has 8 heteroatoms. The summed E-state index contributed by atoms with van der Waals surface area (Å²) in [5.74, 6) is 1.62. The van der Waals surface area contributed by atoms with Crippen LogP contribution in [-0.4, -0.2) is 44.5 Å². The van der Waals surface area contributed by atoms with Crippen molar-refractivity contribution in [2.24, 2.45) is 0 Å². The van der Waals surface area contributed by atoms with Crippen molar-refractivity contribution in [1.82, 2.24) is 25.1 Å². The molecule has 32 heavy (non-hydrogen) atoms. The summed E-state index contributed by atoms with van der Waals surface area (Å²) in [6.45, 7) is 3.83. The van der Waals surface area contributed by atoms with Gasteiger partial charge in [-0.1, -0.05) is 49.4 Å². The summed E-state index contributed by atoms with van der Waals surface area (Å²) in [4.78, 5) is 22.4. The molecule has 0 saturated carbocycles. The summed E-state index contributed by atoms with van der Waals surface area (Å²) in [5, 5.41) is 11.7. The minimum atomic E-state index is -0.0732. The highest BCUT2D eigenvalue weighted by Gasteiger charge is 2.12. The lowest BCUT2D eigenvalue weighted by atomic mass is 10.1. The van der Waals surface area contributed by atoms with Gasteiger partial charge < -0.3 is 10.6 Å². The highest BCUT2D eigenvalue weighted by atomic mass is 32.2. The Labute approximate surface area is 191 Å². The fourth-order valence-electron chi connectivity index (χ4n) is 3.47. The maximum Gasteiger partial charge on any atom is 0.252 e. The third-order valence-electron chi connectivity index (χ3n) is 5.02. The van der Waals surface area contributed by atoms with E-state index in [0.717, 1.165) is 40.5 Å². The maximum absolute atomic E-state index is 12.6. The fourth-order valence-corrected chi connectivity index (χ4v) is 4.28. The predicted molar refractivity (Wildman–Crippen MR) is 129 cm³/mol. The smallest absolute Gasteiger partial charge is 0.252 e. The Hall–Kier alpha value is -3.39. The molecule has 0 aliphatic carbocycles. The molecule has 164 valence electrons. The van der Waals surface area contributed by atoms with Gasteiger partial charge in [-0.25, -0.2) is 14.6 Å². The molecule has 4 rings (SSSR count). The standard InChI is InChI=1S/C24H26N6OS/c1-2-32-21-11-7-6-10-19(21)24(31)26-14-15-30-23-20(16-29-30)22(27-17-28-23)25-13-12-18-8-4-3-5-9-18/h3-11,16-17H,2,12-15H2,1H3,(H,26,31)(H,25,27,28). The van der Waals surface area contributed by atoms with Gasteiger partial charge in [0.25, 0.3) is 5.91 Å². The number of thioether (sulfide) groups is 1. The van der Waals surface area contributed by atoms with Crippen LogP contribution < -0.4 is 10.6 Å². The zero-order valence-electron chi connectivity index (χ0n) is 18.0. The largest absolute Gasteiger partial charge is 0.369 e. The number of nitrogens with one attached hydrogen (secondary N) is 2. The number of rotatable bonds is 10. The van der Waals surface area contributed by atoms with Crippen molar-refractivity contribution in [2.75, 3.05) is 24.2 Å². The van der Waals surface area contributed by atoms with Crippen LogP contribution in [-0.2, 0) is 13.0 Å². The average Bonchev–Trinajstić information content (AvgIpc) is 3.24. The molecule has 0 fully saturated rings. The van der Waals surface area contributed by atoms with E-state index in [-0.39, 0.29) is 5.91 Å². The Morgan fingerprint density at radius 3 is 2.69 bits per heavy atom. The van der Waals surface area contributed by atoms with Gasteiger partial charge in [0.05, 0.1) is 23.7 Å². The first-order chi connectivity index (χ1) is 15.8. The van der Waals surface area contributed by atoms with E-state index in [2.05, 4.69) is 44.8 Å². The van der Waals surface area contributed by atoms with Gasteiger partial charge in [-0.2, -0.15) is 5.10 Å². The molecular weight excluding hydrogens is 420 g/mol. The van der Waals surface area contributed by atoms with Gasteiger partial charge in [0.2, 0.25) is 0 Å². The van der Waals surface area contributed by atoms with Gasteiger partial charge in [-0.05, 0) is 29.9 Å². The lowest BCUT2D eigenvalue weighted by Crippen LogP contribution is -2.28. The van der Waals surface area contributed by atoms with Crippen molar-refractivity contribution in [3.05, 3.63) is 78.2 Å². The van der Waals surface area contributed by atoms with Gasteiger partial charge in [-0.15, -0.1) is 11.8 Å². The average molecular weight is 447 g/mol. The fraction of sp³-hybridized carbons (Fsp3) is 0.250. The van der Waals surface area contributed by atoms with Crippen molar-refractivity contribution in [1.29, 1.82) is 0 Å². The SMILES string of the molecule is CCSc1ccccc1C(=O)NCCn1ncc2c(NCCc3ccccc3)ncnc21. The van der Waals surface area contributed by atoms with E-state index < -0.39 is 0 Å². The molecule has 0 saturated heterocycles. The topological polar surface area (TPSA) is 84.7 Å². The Kier molecular flexibility index (Phi) is 7.34. The second-order valence-electron chi connectivity index (χ2n) is 7.17. The molecule has 0 bridgehead atoms. The molecule has 2 N–H and O–H groups in total. The van der Waals surface area contributed by atoms with Crippen LogP contribution in [0.4, 0.5) is 5.82 Å². The Morgan fingerprint density at radius 2 is 1.84 bits per heavy atom. The van der Waals surface area contributed by atoms with Gasteiger partial charge in [0.15, 0.2) is 5.65 Å². The van der Waals surface area contributed by atoms with Crippen molar-refractivity contribution in [2.45, 2.75) is 24.8 Å². The Bertz CT molecular complexity index is 1180. The minimum absolute atomic E-state index is 0.0732. The molecule has 2 aromatic carbocycles. The van der Waals surface area contributed by atoms with Gasteiger partial charge >= 0.3 is 0 Å². The van der Waals surface area contributed by atoms with Crippen LogP contribution in [0.15, 0.2) is 72.0 Å². The molecule has 2 aromatic heterocycles. The minimum Gasteiger partial charge on any atom is -0.369 e. The molecule has 0 radical (unpaired) electrons. The van der Waals surface area contributed by atoms with E-state index in [1.54, 1.807) is 29.0 Å². The number of carbonyl (C=O) groups excluding carboxylic acids is 1. The second-order valence-corrected chi connectivity index (χ2v) is 8.48. The van der Waals surface area contributed by atoms with Crippen molar-refractivity contribution in [3.8, 4) is 0 Å². The normalized spacial score (nSPS) is 10.9. The third kappa shape index (κ3) is 5.26. The molecule has 7 nitrogen and oxygen atoms in total. The summed E-state index contributed by atoms with van der Waals surface area (Å²) in [5.41, 5.74) is 2.73. The summed E-state index contributed by atoms with van der Waals surface area (Å²) < 4.78 is 1.80. The van der Waals surface area contributed by atoms with Gasteiger partial charge in [0, 0.05) is 18.0 Å². The summed E-state index contributed by atoms with van der Waals surface area (Å²) in [6.07, 6.45) is 4.22. The predicted octanol–water partition coefficient (Wildman–Crippen LogP) is 4.02. The first-order valence-corrected chi connectivity index (χ1v) is 11.7. The van der Waals surface area contributed by atoms with E-state index in [0.29, 0.717) is 18.7 Å². The number of hydrogen-bond donors (Lipinski definition) is 2. The Balaban J connectivity index is 1.36. The van der Waals surface area contributed by atoms with E-state index in [1.165, 1.54) is 5.56 Å². The van der Waals surface area contributed by atoms with Crippen LogP contribution in [0.5, 0.6) is 0 Å². The number of carbonyl (C=O) groups is 1. The number of aromatic nitrogens is 4. The molecule has 2 heterocycles. The van der Waals surface area contributed by atoms with E-state index >= 15 is 0 Å². The number of benzene rings is 2. The molecule has 0 atom stereocenters. The first kappa shape index (κ1) is 21.8. The van der Waals surface area contributed by atoms with E-state index in [9.17, 15) is 4.79 Å². The zero-order chi connectivity index (χ0) is 22.2. The second kappa shape index (κ2) is 10.8. The van der Waals surface area contributed by atoms with Crippen molar-refractivity contribution >= 4 is 34.5 Å².